The second-order valence-electron chi connectivity index (χ2n) is 5.90. The molecule has 0 saturated carbocycles. The van der Waals surface area contributed by atoms with Crippen LogP contribution in [-0.2, 0) is 0 Å². The molecule has 0 spiro atoms. The lowest BCUT2D eigenvalue weighted by molar-refractivity contribution is 0.0641. The van der Waals surface area contributed by atoms with E-state index in [2.05, 4.69) is 22.4 Å². The lowest BCUT2D eigenvalue weighted by atomic mass is 10.2. The van der Waals surface area contributed by atoms with Gasteiger partial charge in [-0.05, 0) is 49.4 Å². The van der Waals surface area contributed by atoms with Crippen LogP contribution in [0.2, 0.25) is 0 Å². The van der Waals surface area contributed by atoms with E-state index >= 15 is 0 Å². The fourth-order valence-electron chi connectivity index (χ4n) is 3.08. The summed E-state index contributed by atoms with van der Waals surface area (Å²) in [6.45, 7) is 4.10. The highest BCUT2D eigenvalue weighted by molar-refractivity contribution is 7.10. The molecule has 1 aromatic carbocycles. The molecule has 0 radical (unpaired) electrons. The van der Waals surface area contributed by atoms with Gasteiger partial charge < -0.3 is 9.84 Å². The molecule has 1 saturated heterocycles. The largest absolute Gasteiger partial charge is 0.491 e. The van der Waals surface area contributed by atoms with Crippen LogP contribution in [0, 0.1) is 6.92 Å². The van der Waals surface area contributed by atoms with Gasteiger partial charge in [0.1, 0.15) is 18.5 Å². The molecule has 0 aliphatic carbocycles. The number of rotatable bonds is 6. The van der Waals surface area contributed by atoms with Gasteiger partial charge in [-0.3, -0.25) is 4.90 Å². The van der Waals surface area contributed by atoms with E-state index < -0.39 is 6.10 Å². The standard InChI is InChI=1S/C18H23NO2S/c1-14-6-2-3-8-17(14)21-13-15(20)12-19-10-4-7-16(19)18-9-5-11-22-18/h2-3,5-6,8-9,11,15-16,20H,4,7,10,12-13H2,1H3. The van der Waals surface area contributed by atoms with Crippen LogP contribution >= 0.6 is 11.3 Å². The molecule has 1 fully saturated rings. The summed E-state index contributed by atoms with van der Waals surface area (Å²) < 4.78 is 5.76. The molecule has 2 heterocycles. The van der Waals surface area contributed by atoms with Crippen LogP contribution in [0.4, 0.5) is 0 Å². The van der Waals surface area contributed by atoms with Crippen LogP contribution in [0.5, 0.6) is 5.75 Å². The van der Waals surface area contributed by atoms with Crippen molar-refractivity contribution in [2.24, 2.45) is 0 Å². The molecule has 1 N–H and O–H groups in total. The lowest BCUT2D eigenvalue weighted by Crippen LogP contribution is -2.35. The Bertz CT molecular complexity index is 585. The third kappa shape index (κ3) is 3.69. The number of hydrogen-bond acceptors (Lipinski definition) is 4. The first kappa shape index (κ1) is 15.5. The van der Waals surface area contributed by atoms with Crippen molar-refractivity contribution in [2.75, 3.05) is 19.7 Å². The third-order valence-electron chi connectivity index (χ3n) is 4.21. The molecule has 2 aromatic rings. The van der Waals surface area contributed by atoms with Crippen LogP contribution in [0.15, 0.2) is 41.8 Å². The highest BCUT2D eigenvalue weighted by Crippen LogP contribution is 2.34. The third-order valence-corrected chi connectivity index (χ3v) is 5.18. The Morgan fingerprint density at radius 2 is 2.18 bits per heavy atom. The predicted octanol–water partition coefficient (Wildman–Crippen LogP) is 3.63. The van der Waals surface area contributed by atoms with Crippen molar-refractivity contribution in [1.29, 1.82) is 0 Å². The van der Waals surface area contributed by atoms with Crippen molar-refractivity contribution in [3.05, 3.63) is 52.2 Å². The summed E-state index contributed by atoms with van der Waals surface area (Å²) in [6, 6.07) is 12.7. The Labute approximate surface area is 136 Å². The zero-order valence-corrected chi connectivity index (χ0v) is 13.8. The molecule has 2 unspecified atom stereocenters. The van der Waals surface area contributed by atoms with Crippen molar-refractivity contribution in [1.82, 2.24) is 4.90 Å². The van der Waals surface area contributed by atoms with E-state index in [0.717, 1.165) is 17.9 Å². The van der Waals surface area contributed by atoms with Gasteiger partial charge >= 0.3 is 0 Å². The summed E-state index contributed by atoms with van der Waals surface area (Å²) in [7, 11) is 0. The number of thiophene rings is 1. The molecule has 2 atom stereocenters. The Kier molecular flexibility index (Phi) is 5.13. The molecular weight excluding hydrogens is 294 g/mol. The van der Waals surface area contributed by atoms with E-state index in [1.165, 1.54) is 17.7 Å². The lowest BCUT2D eigenvalue weighted by Gasteiger charge is -2.26. The van der Waals surface area contributed by atoms with Crippen LogP contribution in [-0.4, -0.2) is 35.8 Å². The first-order valence-corrected chi connectivity index (χ1v) is 8.76. The monoisotopic (exact) mass is 317 g/mol. The highest BCUT2D eigenvalue weighted by atomic mass is 32.1. The number of ether oxygens (including phenoxy) is 1. The molecule has 1 aliphatic rings. The van der Waals surface area contributed by atoms with Crippen LogP contribution in [0.1, 0.15) is 29.3 Å². The first-order valence-electron chi connectivity index (χ1n) is 7.88. The predicted molar refractivity (Wildman–Crippen MR) is 90.5 cm³/mol. The average Bonchev–Trinajstić information content (AvgIpc) is 3.17. The molecular formula is C18H23NO2S. The number of benzene rings is 1. The molecule has 3 nitrogen and oxygen atoms in total. The molecule has 118 valence electrons. The van der Waals surface area contributed by atoms with E-state index in [4.69, 9.17) is 4.74 Å². The summed E-state index contributed by atoms with van der Waals surface area (Å²) >= 11 is 1.81. The maximum absolute atomic E-state index is 10.3. The van der Waals surface area contributed by atoms with Gasteiger partial charge in [0.2, 0.25) is 0 Å². The van der Waals surface area contributed by atoms with E-state index in [-0.39, 0.29) is 0 Å². The first-order chi connectivity index (χ1) is 10.7. The maximum atomic E-state index is 10.3. The SMILES string of the molecule is Cc1ccccc1OCC(O)CN1CCCC1c1cccs1. The molecule has 1 aliphatic heterocycles. The van der Waals surface area contributed by atoms with Gasteiger partial charge in [-0.15, -0.1) is 11.3 Å². The molecule has 1 aromatic heterocycles. The molecule has 3 rings (SSSR count). The summed E-state index contributed by atoms with van der Waals surface area (Å²) in [6.07, 6.45) is 1.93. The van der Waals surface area contributed by atoms with Crippen molar-refractivity contribution in [3.8, 4) is 5.75 Å². The number of hydrogen-bond donors (Lipinski definition) is 1. The molecule has 0 amide bonds. The topological polar surface area (TPSA) is 32.7 Å². The molecule has 0 bridgehead atoms. The van der Waals surface area contributed by atoms with Crippen molar-refractivity contribution in [3.63, 3.8) is 0 Å². The van der Waals surface area contributed by atoms with Gasteiger partial charge in [0.15, 0.2) is 0 Å². The van der Waals surface area contributed by atoms with E-state index in [1.54, 1.807) is 0 Å². The number of para-hydroxylation sites is 1. The Morgan fingerprint density at radius 3 is 2.95 bits per heavy atom. The number of aliphatic hydroxyl groups is 1. The number of nitrogens with zero attached hydrogens (tertiary/aromatic N) is 1. The highest BCUT2D eigenvalue weighted by Gasteiger charge is 2.28. The van der Waals surface area contributed by atoms with Gasteiger partial charge in [-0.2, -0.15) is 0 Å². The molecule has 4 heteroatoms. The Hall–Kier alpha value is -1.36. The summed E-state index contributed by atoms with van der Waals surface area (Å²) in [5, 5.41) is 12.4. The Morgan fingerprint density at radius 1 is 1.32 bits per heavy atom. The van der Waals surface area contributed by atoms with Crippen molar-refractivity contribution < 1.29 is 9.84 Å². The van der Waals surface area contributed by atoms with Gasteiger partial charge in [-0.1, -0.05) is 24.3 Å². The minimum Gasteiger partial charge on any atom is -0.491 e. The summed E-state index contributed by atoms with van der Waals surface area (Å²) in [5.74, 6) is 0.859. The second kappa shape index (κ2) is 7.27. The van der Waals surface area contributed by atoms with E-state index in [0.29, 0.717) is 19.2 Å². The fourth-order valence-corrected chi connectivity index (χ4v) is 3.97. The van der Waals surface area contributed by atoms with Gasteiger partial charge in [0.05, 0.1) is 0 Å². The summed E-state index contributed by atoms with van der Waals surface area (Å²) in [5.41, 5.74) is 1.10. The van der Waals surface area contributed by atoms with Gasteiger partial charge in [-0.25, -0.2) is 0 Å². The van der Waals surface area contributed by atoms with E-state index in [9.17, 15) is 5.11 Å². The smallest absolute Gasteiger partial charge is 0.122 e. The summed E-state index contributed by atoms with van der Waals surface area (Å²) in [4.78, 5) is 3.79. The van der Waals surface area contributed by atoms with Gasteiger partial charge in [0, 0.05) is 17.5 Å². The zero-order valence-electron chi connectivity index (χ0n) is 12.9. The normalized spacial score (nSPS) is 20.2. The van der Waals surface area contributed by atoms with Crippen LogP contribution in [0.25, 0.3) is 0 Å². The number of aryl methyl sites for hydroxylation is 1. The van der Waals surface area contributed by atoms with Crippen molar-refractivity contribution in [2.45, 2.75) is 31.9 Å². The Balaban J connectivity index is 1.53. The maximum Gasteiger partial charge on any atom is 0.122 e. The minimum absolute atomic E-state index is 0.346. The van der Waals surface area contributed by atoms with Gasteiger partial charge in [0.25, 0.3) is 0 Å². The molecule has 22 heavy (non-hydrogen) atoms. The second-order valence-corrected chi connectivity index (χ2v) is 6.88. The number of aliphatic hydroxyl groups excluding tert-OH is 1. The number of β-amino-alcohol motifs (C(OH)–C–C–N with tert-alkyl or cyclic N) is 1. The zero-order chi connectivity index (χ0) is 15.4. The minimum atomic E-state index is -0.458. The van der Waals surface area contributed by atoms with E-state index in [1.807, 2.05) is 42.5 Å². The van der Waals surface area contributed by atoms with Crippen molar-refractivity contribution >= 4 is 11.3 Å². The fraction of sp³-hybridized carbons (Fsp3) is 0.444. The quantitative estimate of drug-likeness (QED) is 0.883. The van der Waals surface area contributed by atoms with Crippen LogP contribution in [0.3, 0.4) is 0 Å². The number of likely N-dealkylation sites (tertiary alicyclic amines) is 1. The van der Waals surface area contributed by atoms with Crippen LogP contribution < -0.4 is 4.74 Å². The average molecular weight is 317 g/mol.